The predicted molar refractivity (Wildman–Crippen MR) is 120 cm³/mol. The Labute approximate surface area is 191 Å². The van der Waals surface area contributed by atoms with E-state index < -0.39 is 12.0 Å². The molecule has 2 N–H and O–H groups in total. The van der Waals surface area contributed by atoms with Gasteiger partial charge in [0.25, 0.3) is 0 Å². The molecular weight excluding hydrogens is 424 g/mol. The number of aliphatic imine (C=N–C) groups is 1. The van der Waals surface area contributed by atoms with Crippen LogP contribution >= 0.6 is 0 Å². The number of aromatic nitrogens is 1. The number of aryl methyl sites for hydroxylation is 1. The third-order valence-corrected chi connectivity index (χ3v) is 6.23. The Kier molecular flexibility index (Phi) is 6.53. The quantitative estimate of drug-likeness (QED) is 0.610. The van der Waals surface area contributed by atoms with Gasteiger partial charge < -0.3 is 14.7 Å². The van der Waals surface area contributed by atoms with Gasteiger partial charge in [-0.3, -0.25) is 14.6 Å². The number of hydrogen-bond donors (Lipinski definition) is 2. The summed E-state index contributed by atoms with van der Waals surface area (Å²) >= 11 is 0. The van der Waals surface area contributed by atoms with E-state index in [9.17, 15) is 24.6 Å². The van der Waals surface area contributed by atoms with Crippen LogP contribution < -0.4 is 0 Å². The average molecular weight is 450 g/mol. The number of ketones is 2. The summed E-state index contributed by atoms with van der Waals surface area (Å²) < 4.78 is 5.52. The molecule has 0 saturated carbocycles. The highest BCUT2D eigenvalue weighted by Crippen LogP contribution is 2.35. The molecule has 0 fully saturated rings. The van der Waals surface area contributed by atoms with E-state index in [1.54, 1.807) is 0 Å². The smallest absolute Gasteiger partial charge is 0.328 e. The fraction of sp³-hybridized carbons (Fsp3) is 0.400. The van der Waals surface area contributed by atoms with Crippen LogP contribution in [0.3, 0.4) is 0 Å². The topological polar surface area (TPSA) is 130 Å². The van der Waals surface area contributed by atoms with Crippen molar-refractivity contribution < 1.29 is 29.1 Å². The standard InChI is InChI=1S/C25H26N2O6/c1-14(25(31)32)26-17(23-19(28)8-5-9-20(23)29)10-11-18-24-21(30)12-16(13-22(24)33-27-18)15-6-3-2-4-7-15/h2-4,6-7,14,16,28H,5,8-13H2,1H3,(H,31,32). The Balaban J connectivity index is 1.58. The summed E-state index contributed by atoms with van der Waals surface area (Å²) in [6, 6.07) is 8.73. The van der Waals surface area contributed by atoms with Crippen LogP contribution in [0.25, 0.3) is 0 Å². The molecule has 1 heterocycles. The monoisotopic (exact) mass is 450 g/mol. The van der Waals surface area contributed by atoms with Crippen LogP contribution in [0.4, 0.5) is 0 Å². The molecule has 0 radical (unpaired) electrons. The van der Waals surface area contributed by atoms with E-state index in [-0.39, 0.29) is 53.8 Å². The lowest BCUT2D eigenvalue weighted by molar-refractivity contribution is -0.138. The third-order valence-electron chi connectivity index (χ3n) is 6.23. The molecule has 2 aliphatic rings. The maximum atomic E-state index is 13.0. The van der Waals surface area contributed by atoms with Crippen molar-refractivity contribution in [3.05, 3.63) is 64.2 Å². The lowest BCUT2D eigenvalue weighted by Crippen LogP contribution is -2.24. The van der Waals surface area contributed by atoms with Crippen LogP contribution in [0.1, 0.15) is 72.3 Å². The second-order valence-electron chi connectivity index (χ2n) is 8.55. The number of allylic oxidation sites excluding steroid dienone is 2. The molecule has 1 aromatic carbocycles. The SMILES string of the molecule is CC(N=C(CCc1noc2c1C(=O)CC(c1ccccc1)C2)C1=C(O)CCCC1=O)C(=O)O. The number of nitrogens with zero attached hydrogens (tertiary/aromatic N) is 2. The number of aliphatic carboxylic acids is 1. The first-order valence-electron chi connectivity index (χ1n) is 11.2. The zero-order chi connectivity index (χ0) is 23.5. The first-order chi connectivity index (χ1) is 15.8. The number of Topliss-reactive ketones (excluding diaryl/α,β-unsaturated/α-hetero) is 2. The van der Waals surface area contributed by atoms with Crippen molar-refractivity contribution in [2.75, 3.05) is 0 Å². The molecule has 0 amide bonds. The number of aliphatic hydroxyl groups is 1. The minimum atomic E-state index is -1.13. The Hall–Kier alpha value is -3.55. The summed E-state index contributed by atoms with van der Waals surface area (Å²) in [4.78, 5) is 41.0. The first-order valence-corrected chi connectivity index (χ1v) is 11.2. The number of aliphatic hydroxyl groups excluding tert-OH is 1. The molecule has 8 heteroatoms. The van der Waals surface area contributed by atoms with Crippen molar-refractivity contribution in [2.24, 2.45) is 4.99 Å². The highest BCUT2D eigenvalue weighted by atomic mass is 16.5. The lowest BCUT2D eigenvalue weighted by atomic mass is 9.81. The predicted octanol–water partition coefficient (Wildman–Crippen LogP) is 4.00. The summed E-state index contributed by atoms with van der Waals surface area (Å²) in [5.74, 6) is -0.914. The molecule has 0 aliphatic heterocycles. The number of fused-ring (bicyclic) bond motifs is 1. The van der Waals surface area contributed by atoms with Crippen LogP contribution in [-0.4, -0.2) is 44.7 Å². The highest BCUT2D eigenvalue weighted by Gasteiger charge is 2.33. The van der Waals surface area contributed by atoms with Crippen molar-refractivity contribution in [3.8, 4) is 0 Å². The number of carboxylic acid groups (broad SMARTS) is 1. The summed E-state index contributed by atoms with van der Waals surface area (Å²) in [5, 5.41) is 23.7. The van der Waals surface area contributed by atoms with Gasteiger partial charge in [0.2, 0.25) is 0 Å². The Morgan fingerprint density at radius 2 is 1.94 bits per heavy atom. The number of benzene rings is 1. The molecule has 2 aliphatic carbocycles. The molecule has 8 nitrogen and oxygen atoms in total. The second kappa shape index (κ2) is 9.52. The number of carbonyl (C=O) groups is 3. The van der Waals surface area contributed by atoms with Crippen molar-refractivity contribution in [2.45, 2.75) is 63.8 Å². The van der Waals surface area contributed by atoms with E-state index in [1.807, 2.05) is 30.3 Å². The Morgan fingerprint density at radius 1 is 1.18 bits per heavy atom. The molecule has 2 atom stereocenters. The van der Waals surface area contributed by atoms with E-state index in [0.717, 1.165) is 5.56 Å². The molecule has 33 heavy (non-hydrogen) atoms. The van der Waals surface area contributed by atoms with Crippen LogP contribution in [0.5, 0.6) is 0 Å². The first kappa shape index (κ1) is 22.6. The fourth-order valence-corrected chi connectivity index (χ4v) is 4.51. The summed E-state index contributed by atoms with van der Waals surface area (Å²) in [7, 11) is 0. The van der Waals surface area contributed by atoms with Crippen molar-refractivity contribution in [1.82, 2.24) is 5.16 Å². The number of rotatable bonds is 7. The van der Waals surface area contributed by atoms with Gasteiger partial charge in [0.15, 0.2) is 11.6 Å². The van der Waals surface area contributed by atoms with Gasteiger partial charge in [-0.15, -0.1) is 0 Å². The minimum Gasteiger partial charge on any atom is -0.511 e. The van der Waals surface area contributed by atoms with E-state index in [4.69, 9.17) is 4.52 Å². The molecule has 0 spiro atoms. The van der Waals surface area contributed by atoms with Crippen molar-refractivity contribution >= 4 is 23.2 Å². The summed E-state index contributed by atoms with van der Waals surface area (Å²) in [5.41, 5.74) is 2.35. The second-order valence-corrected chi connectivity index (χ2v) is 8.55. The largest absolute Gasteiger partial charge is 0.511 e. The van der Waals surface area contributed by atoms with Crippen molar-refractivity contribution in [3.63, 3.8) is 0 Å². The number of hydrogen-bond acceptors (Lipinski definition) is 7. The maximum absolute atomic E-state index is 13.0. The fourth-order valence-electron chi connectivity index (χ4n) is 4.51. The van der Waals surface area contributed by atoms with E-state index >= 15 is 0 Å². The van der Waals surface area contributed by atoms with Crippen molar-refractivity contribution in [1.29, 1.82) is 0 Å². The van der Waals surface area contributed by atoms with Gasteiger partial charge in [-0.05, 0) is 37.7 Å². The van der Waals surface area contributed by atoms with Gasteiger partial charge in [-0.2, -0.15) is 0 Å². The normalized spacial score (nSPS) is 20.0. The third kappa shape index (κ3) is 4.79. The number of carbonyl (C=O) groups excluding carboxylic acids is 2. The van der Waals surface area contributed by atoms with Gasteiger partial charge in [-0.1, -0.05) is 35.5 Å². The summed E-state index contributed by atoms with van der Waals surface area (Å²) in [6.07, 6.45) is 2.50. The zero-order valence-electron chi connectivity index (χ0n) is 18.4. The molecule has 0 saturated heterocycles. The Bertz CT molecular complexity index is 1140. The van der Waals surface area contributed by atoms with Gasteiger partial charge in [0.1, 0.15) is 17.6 Å². The molecule has 4 rings (SSSR count). The van der Waals surface area contributed by atoms with Crippen LogP contribution in [-0.2, 0) is 22.4 Å². The maximum Gasteiger partial charge on any atom is 0.328 e. The van der Waals surface area contributed by atoms with Crippen LogP contribution in [0.15, 0.2) is 51.2 Å². The minimum absolute atomic E-state index is 0.0301. The average Bonchev–Trinajstić information content (AvgIpc) is 3.21. The highest BCUT2D eigenvalue weighted by molar-refractivity contribution is 6.23. The Morgan fingerprint density at radius 3 is 2.64 bits per heavy atom. The molecule has 2 aromatic rings. The molecule has 172 valence electrons. The van der Waals surface area contributed by atoms with E-state index in [0.29, 0.717) is 42.7 Å². The molecule has 2 unspecified atom stereocenters. The number of carboxylic acids is 1. The zero-order valence-corrected chi connectivity index (χ0v) is 18.4. The van der Waals surface area contributed by atoms with Gasteiger partial charge >= 0.3 is 5.97 Å². The van der Waals surface area contributed by atoms with E-state index in [2.05, 4.69) is 10.1 Å². The molecule has 0 bridgehead atoms. The van der Waals surface area contributed by atoms with Gasteiger partial charge in [0, 0.05) is 25.7 Å². The van der Waals surface area contributed by atoms with Gasteiger partial charge in [-0.25, -0.2) is 4.79 Å². The van der Waals surface area contributed by atoms with Crippen LogP contribution in [0, 0.1) is 0 Å². The lowest BCUT2D eigenvalue weighted by Gasteiger charge is -2.20. The molecule has 1 aromatic heterocycles. The van der Waals surface area contributed by atoms with Gasteiger partial charge in [0.05, 0.1) is 22.5 Å². The summed E-state index contributed by atoms with van der Waals surface area (Å²) in [6.45, 7) is 1.42. The molecular formula is C25H26N2O6. The van der Waals surface area contributed by atoms with Crippen LogP contribution in [0.2, 0.25) is 0 Å². The van der Waals surface area contributed by atoms with E-state index in [1.165, 1.54) is 6.92 Å².